The Bertz CT molecular complexity index is 473. The van der Waals surface area contributed by atoms with Gasteiger partial charge >= 0.3 is 35.5 Å². The first-order valence-electron chi connectivity index (χ1n) is 5.92. The number of carboxylic acids is 1. The van der Waals surface area contributed by atoms with Gasteiger partial charge in [0.1, 0.15) is 0 Å². The minimum Gasteiger partial charge on any atom is -0.548 e. The van der Waals surface area contributed by atoms with Crippen molar-refractivity contribution < 1.29 is 49.0 Å². The van der Waals surface area contributed by atoms with Gasteiger partial charge in [0.05, 0.1) is 18.6 Å². The Hall–Kier alpha value is -1.30. The average molecular weight is 285 g/mol. The summed E-state index contributed by atoms with van der Waals surface area (Å²) in [5.74, 6) is -1.78. The van der Waals surface area contributed by atoms with Crippen LogP contribution in [0.25, 0.3) is 0 Å². The van der Waals surface area contributed by atoms with Crippen LogP contribution in [0, 0.1) is 0 Å². The van der Waals surface area contributed by atoms with Crippen LogP contribution in [0.2, 0.25) is 0 Å². The number of rotatable bonds is 6. The first-order valence-corrected chi connectivity index (χ1v) is 5.92. The van der Waals surface area contributed by atoms with Gasteiger partial charge in [-0.05, 0) is 19.4 Å². The molecule has 0 aliphatic rings. The number of aliphatic carboxylic acids is 1. The molecule has 1 aromatic rings. The van der Waals surface area contributed by atoms with E-state index in [4.69, 9.17) is 4.74 Å². The smallest absolute Gasteiger partial charge is 0.548 e. The van der Waals surface area contributed by atoms with E-state index in [2.05, 4.69) is 5.32 Å². The summed E-state index contributed by atoms with van der Waals surface area (Å²) in [6.07, 6.45) is 1.21. The molecule has 0 amide bonds. The van der Waals surface area contributed by atoms with E-state index in [1.807, 2.05) is 0 Å². The SMILES string of the molecule is CCOC(=O)/C=C(\C)NC(C(=O)[O-])c1ccccc1.[Na+]. The Morgan fingerprint density at radius 1 is 1.35 bits per heavy atom. The van der Waals surface area contributed by atoms with Crippen molar-refractivity contribution in [2.45, 2.75) is 19.9 Å². The van der Waals surface area contributed by atoms with Crippen LogP contribution in [-0.2, 0) is 14.3 Å². The molecule has 0 bridgehead atoms. The van der Waals surface area contributed by atoms with Crippen molar-refractivity contribution in [3.63, 3.8) is 0 Å². The zero-order valence-corrected chi connectivity index (χ0v) is 13.9. The predicted octanol–water partition coefficient (Wildman–Crippen LogP) is -2.46. The van der Waals surface area contributed by atoms with Gasteiger partial charge in [0.2, 0.25) is 0 Å². The molecule has 0 spiro atoms. The third-order valence-corrected chi connectivity index (χ3v) is 2.36. The maximum atomic E-state index is 11.2. The molecular weight excluding hydrogens is 269 g/mol. The zero-order chi connectivity index (χ0) is 14.3. The second-order valence-corrected chi connectivity index (χ2v) is 3.89. The summed E-state index contributed by atoms with van der Waals surface area (Å²) in [5.41, 5.74) is 0.954. The first kappa shape index (κ1) is 18.7. The van der Waals surface area contributed by atoms with E-state index >= 15 is 0 Å². The Balaban J connectivity index is 0.00000361. The number of benzene rings is 1. The third kappa shape index (κ3) is 6.23. The molecule has 1 aromatic carbocycles. The largest absolute Gasteiger partial charge is 1.00 e. The molecule has 0 saturated heterocycles. The molecule has 1 rings (SSSR count). The zero-order valence-electron chi connectivity index (χ0n) is 11.9. The van der Waals surface area contributed by atoms with Crippen LogP contribution < -0.4 is 40.0 Å². The van der Waals surface area contributed by atoms with Gasteiger partial charge in [-0.1, -0.05) is 30.3 Å². The quantitative estimate of drug-likeness (QED) is 0.356. The molecule has 5 nitrogen and oxygen atoms in total. The van der Waals surface area contributed by atoms with E-state index in [9.17, 15) is 14.7 Å². The van der Waals surface area contributed by atoms with Crippen molar-refractivity contribution in [3.05, 3.63) is 47.7 Å². The summed E-state index contributed by atoms with van der Waals surface area (Å²) in [6.45, 7) is 3.56. The number of ether oxygens (including phenoxy) is 1. The van der Waals surface area contributed by atoms with Gasteiger partial charge in [-0.25, -0.2) is 4.79 Å². The summed E-state index contributed by atoms with van der Waals surface area (Å²) < 4.78 is 4.74. The van der Waals surface area contributed by atoms with Crippen molar-refractivity contribution in [2.75, 3.05) is 6.61 Å². The van der Waals surface area contributed by atoms with E-state index in [0.29, 0.717) is 11.3 Å². The van der Waals surface area contributed by atoms with Gasteiger partial charge in [-0.3, -0.25) is 0 Å². The molecule has 1 atom stereocenters. The Morgan fingerprint density at radius 2 is 1.95 bits per heavy atom. The molecular formula is C14H16NNaO4. The van der Waals surface area contributed by atoms with Crippen LogP contribution in [0.15, 0.2) is 42.1 Å². The normalized spacial score (nSPS) is 12.0. The minimum absolute atomic E-state index is 0. The molecule has 0 fully saturated rings. The summed E-state index contributed by atoms with van der Waals surface area (Å²) >= 11 is 0. The second-order valence-electron chi connectivity index (χ2n) is 3.89. The van der Waals surface area contributed by atoms with Crippen LogP contribution in [0.4, 0.5) is 0 Å². The van der Waals surface area contributed by atoms with E-state index < -0.39 is 18.0 Å². The predicted molar refractivity (Wildman–Crippen MR) is 67.7 cm³/mol. The fourth-order valence-corrected chi connectivity index (χ4v) is 1.55. The molecule has 0 heterocycles. The van der Waals surface area contributed by atoms with E-state index in [1.165, 1.54) is 6.08 Å². The van der Waals surface area contributed by atoms with Crippen molar-refractivity contribution in [1.82, 2.24) is 5.32 Å². The fraction of sp³-hybridized carbons (Fsp3) is 0.286. The molecule has 1 unspecified atom stereocenters. The molecule has 0 aromatic heterocycles. The number of carbonyl (C=O) groups is 2. The van der Waals surface area contributed by atoms with Crippen LogP contribution in [-0.4, -0.2) is 18.5 Å². The monoisotopic (exact) mass is 285 g/mol. The third-order valence-electron chi connectivity index (χ3n) is 2.36. The topological polar surface area (TPSA) is 78.5 Å². The molecule has 6 heteroatoms. The summed E-state index contributed by atoms with van der Waals surface area (Å²) in [5, 5.41) is 13.9. The molecule has 1 N–H and O–H groups in total. The average Bonchev–Trinajstić information content (AvgIpc) is 2.37. The summed E-state index contributed by atoms with van der Waals surface area (Å²) in [6, 6.07) is 7.59. The number of carbonyl (C=O) groups excluding carboxylic acids is 2. The molecule has 0 aliphatic carbocycles. The van der Waals surface area contributed by atoms with Gasteiger partial charge < -0.3 is 20.0 Å². The number of allylic oxidation sites excluding steroid dienone is 1. The van der Waals surface area contributed by atoms with Crippen LogP contribution in [0.1, 0.15) is 25.5 Å². The molecule has 102 valence electrons. The Labute approximate surface area is 140 Å². The first-order chi connectivity index (χ1) is 9.04. The van der Waals surface area contributed by atoms with Gasteiger partial charge in [-0.2, -0.15) is 0 Å². The van der Waals surface area contributed by atoms with Crippen LogP contribution in [0.3, 0.4) is 0 Å². The Kier molecular flexibility index (Phi) is 8.96. The molecule has 20 heavy (non-hydrogen) atoms. The molecule has 0 saturated carbocycles. The Morgan fingerprint density at radius 3 is 2.45 bits per heavy atom. The number of hydrogen-bond acceptors (Lipinski definition) is 5. The summed E-state index contributed by atoms with van der Waals surface area (Å²) in [4.78, 5) is 22.4. The molecule has 0 aliphatic heterocycles. The number of esters is 1. The van der Waals surface area contributed by atoms with Crippen molar-refractivity contribution in [2.24, 2.45) is 0 Å². The number of hydrogen-bond donors (Lipinski definition) is 1. The van der Waals surface area contributed by atoms with Crippen molar-refractivity contribution >= 4 is 11.9 Å². The maximum absolute atomic E-state index is 11.2. The van der Waals surface area contributed by atoms with E-state index in [0.717, 1.165) is 0 Å². The van der Waals surface area contributed by atoms with Gasteiger partial charge in [0, 0.05) is 11.8 Å². The summed E-state index contributed by atoms with van der Waals surface area (Å²) in [7, 11) is 0. The van der Waals surface area contributed by atoms with Crippen molar-refractivity contribution in [3.8, 4) is 0 Å². The van der Waals surface area contributed by atoms with Crippen LogP contribution in [0.5, 0.6) is 0 Å². The standard InChI is InChI=1S/C14H17NO4.Na/c1-3-19-12(16)9-10(2)15-13(14(17)18)11-7-5-4-6-8-11;/h4-9,13,15H,3H2,1-2H3,(H,17,18);/q;+1/p-1/b10-9+;. The number of carboxylic acid groups (broad SMARTS) is 1. The van der Waals surface area contributed by atoms with E-state index in [1.54, 1.807) is 44.2 Å². The van der Waals surface area contributed by atoms with Gasteiger partial charge in [0.15, 0.2) is 0 Å². The number of nitrogens with one attached hydrogen (secondary N) is 1. The van der Waals surface area contributed by atoms with Crippen LogP contribution >= 0.6 is 0 Å². The second kappa shape index (κ2) is 9.58. The molecule has 0 radical (unpaired) electrons. The van der Waals surface area contributed by atoms with Gasteiger partial charge in [-0.15, -0.1) is 0 Å². The fourth-order valence-electron chi connectivity index (χ4n) is 1.55. The maximum Gasteiger partial charge on any atom is 1.00 e. The minimum atomic E-state index is -1.26. The van der Waals surface area contributed by atoms with Gasteiger partial charge in [0.25, 0.3) is 0 Å². The van der Waals surface area contributed by atoms with Crippen molar-refractivity contribution in [1.29, 1.82) is 0 Å². The van der Waals surface area contributed by atoms with E-state index in [-0.39, 0.29) is 36.2 Å².